The Labute approximate surface area is 168 Å². The van der Waals surface area contributed by atoms with Crippen molar-refractivity contribution >= 4 is 33.1 Å². The van der Waals surface area contributed by atoms with Crippen LogP contribution in [0.1, 0.15) is 12.7 Å². The number of nitrogens with zero attached hydrogens (tertiary/aromatic N) is 2. The molecule has 0 saturated carbocycles. The second-order valence-corrected chi connectivity index (χ2v) is 7.12. The van der Waals surface area contributed by atoms with Gasteiger partial charge in [-0.3, -0.25) is 0 Å². The lowest BCUT2D eigenvalue weighted by atomic mass is 10.1. The van der Waals surface area contributed by atoms with E-state index in [-0.39, 0.29) is 0 Å². The van der Waals surface area contributed by atoms with E-state index >= 15 is 0 Å². The number of rotatable bonds is 6. The first kappa shape index (κ1) is 18.3. The molecule has 0 atom stereocenters. The molecule has 2 aromatic heterocycles. The smallest absolute Gasteiger partial charge is 0.143 e. The molecular formula is C22H21N3O2S. The molecule has 0 spiro atoms. The van der Waals surface area contributed by atoms with Gasteiger partial charge < -0.3 is 14.8 Å². The lowest BCUT2D eigenvalue weighted by molar-refractivity contribution is 0.340. The van der Waals surface area contributed by atoms with Gasteiger partial charge in [0.25, 0.3) is 0 Å². The maximum Gasteiger partial charge on any atom is 0.143 e. The molecule has 0 radical (unpaired) electrons. The molecule has 0 amide bonds. The highest BCUT2D eigenvalue weighted by Crippen LogP contribution is 2.38. The lowest BCUT2D eigenvalue weighted by Crippen LogP contribution is -1.98. The highest BCUT2D eigenvalue weighted by atomic mass is 32.1. The molecule has 5 nitrogen and oxygen atoms in total. The van der Waals surface area contributed by atoms with Crippen LogP contribution in [0.25, 0.3) is 21.3 Å². The molecule has 0 saturated heterocycles. The van der Waals surface area contributed by atoms with E-state index in [4.69, 9.17) is 9.47 Å². The van der Waals surface area contributed by atoms with Gasteiger partial charge in [0.05, 0.1) is 19.1 Å². The zero-order valence-electron chi connectivity index (χ0n) is 16.0. The van der Waals surface area contributed by atoms with Gasteiger partial charge >= 0.3 is 0 Å². The van der Waals surface area contributed by atoms with Crippen molar-refractivity contribution < 1.29 is 9.47 Å². The Morgan fingerprint density at radius 1 is 0.964 bits per heavy atom. The SMILES string of the molecule is CCOc1ccc(Nc2nc(C)nc3scc(-c4ccc(OC)cc4)c23)cc1. The van der Waals surface area contributed by atoms with Crippen molar-refractivity contribution in [3.8, 4) is 22.6 Å². The highest BCUT2D eigenvalue weighted by molar-refractivity contribution is 7.17. The van der Waals surface area contributed by atoms with Crippen LogP contribution in [-0.4, -0.2) is 23.7 Å². The van der Waals surface area contributed by atoms with Gasteiger partial charge in [0, 0.05) is 16.6 Å². The van der Waals surface area contributed by atoms with Crippen molar-refractivity contribution in [2.45, 2.75) is 13.8 Å². The molecule has 1 N–H and O–H groups in total. The zero-order chi connectivity index (χ0) is 19.5. The number of hydrogen-bond acceptors (Lipinski definition) is 6. The van der Waals surface area contributed by atoms with Crippen LogP contribution in [-0.2, 0) is 0 Å². The quantitative estimate of drug-likeness (QED) is 0.449. The van der Waals surface area contributed by atoms with Crippen LogP contribution < -0.4 is 14.8 Å². The summed E-state index contributed by atoms with van der Waals surface area (Å²) in [7, 11) is 1.67. The Bertz CT molecular complexity index is 1090. The predicted octanol–water partition coefficient (Wildman–Crippen LogP) is 5.82. The van der Waals surface area contributed by atoms with Gasteiger partial charge in [-0.1, -0.05) is 12.1 Å². The van der Waals surface area contributed by atoms with Crippen LogP contribution in [0, 0.1) is 6.92 Å². The van der Waals surface area contributed by atoms with Gasteiger partial charge in [-0.15, -0.1) is 11.3 Å². The fraction of sp³-hybridized carbons (Fsp3) is 0.182. The second kappa shape index (κ2) is 7.86. The van der Waals surface area contributed by atoms with E-state index in [9.17, 15) is 0 Å². The third-order valence-corrected chi connectivity index (χ3v) is 5.25. The molecule has 0 aliphatic carbocycles. The molecule has 4 rings (SSSR count). The van der Waals surface area contributed by atoms with E-state index in [1.165, 1.54) is 0 Å². The first-order valence-electron chi connectivity index (χ1n) is 9.08. The zero-order valence-corrected chi connectivity index (χ0v) is 16.8. The van der Waals surface area contributed by atoms with Crippen LogP contribution in [0.4, 0.5) is 11.5 Å². The monoisotopic (exact) mass is 391 g/mol. The minimum absolute atomic E-state index is 0.651. The minimum atomic E-state index is 0.651. The Morgan fingerprint density at radius 3 is 2.36 bits per heavy atom. The van der Waals surface area contributed by atoms with Crippen molar-refractivity contribution in [1.82, 2.24) is 9.97 Å². The van der Waals surface area contributed by atoms with E-state index in [1.807, 2.05) is 50.2 Å². The Hall–Kier alpha value is -3.12. The van der Waals surface area contributed by atoms with Crippen LogP contribution in [0.3, 0.4) is 0 Å². The fourth-order valence-electron chi connectivity index (χ4n) is 3.06. The minimum Gasteiger partial charge on any atom is -0.497 e. The summed E-state index contributed by atoms with van der Waals surface area (Å²) in [6.45, 7) is 4.54. The average Bonchev–Trinajstić information content (AvgIpc) is 3.13. The maximum atomic E-state index is 5.52. The average molecular weight is 391 g/mol. The third-order valence-electron chi connectivity index (χ3n) is 4.37. The summed E-state index contributed by atoms with van der Waals surface area (Å²) < 4.78 is 10.8. The normalized spacial score (nSPS) is 10.8. The summed E-state index contributed by atoms with van der Waals surface area (Å²) in [5, 5.41) is 6.60. The lowest BCUT2D eigenvalue weighted by Gasteiger charge is -2.11. The van der Waals surface area contributed by atoms with E-state index in [0.717, 1.165) is 50.2 Å². The molecule has 2 aromatic carbocycles. The van der Waals surface area contributed by atoms with Crippen molar-refractivity contribution in [2.75, 3.05) is 19.0 Å². The summed E-state index contributed by atoms with van der Waals surface area (Å²) >= 11 is 1.62. The Kier molecular flexibility index (Phi) is 5.12. The van der Waals surface area contributed by atoms with Crippen LogP contribution in [0.2, 0.25) is 0 Å². The molecule has 0 aliphatic heterocycles. The number of hydrogen-bond donors (Lipinski definition) is 1. The van der Waals surface area contributed by atoms with Crippen LogP contribution in [0.5, 0.6) is 11.5 Å². The molecular weight excluding hydrogens is 370 g/mol. The van der Waals surface area contributed by atoms with Crippen molar-refractivity contribution in [2.24, 2.45) is 0 Å². The third kappa shape index (κ3) is 3.64. The Balaban J connectivity index is 1.75. The molecule has 0 fully saturated rings. The molecule has 6 heteroatoms. The van der Waals surface area contributed by atoms with Crippen LogP contribution in [0.15, 0.2) is 53.9 Å². The van der Waals surface area contributed by atoms with E-state index in [2.05, 4.69) is 32.8 Å². The molecule has 0 bridgehead atoms. The van der Waals surface area contributed by atoms with Gasteiger partial charge in [0.15, 0.2) is 0 Å². The molecule has 4 aromatic rings. The molecule has 142 valence electrons. The van der Waals surface area contributed by atoms with Crippen molar-refractivity contribution in [3.05, 3.63) is 59.7 Å². The van der Waals surface area contributed by atoms with Gasteiger partial charge in [-0.2, -0.15) is 0 Å². The number of thiophene rings is 1. The van der Waals surface area contributed by atoms with Crippen LogP contribution >= 0.6 is 11.3 Å². The summed E-state index contributed by atoms with van der Waals surface area (Å²) in [6, 6.07) is 15.9. The largest absolute Gasteiger partial charge is 0.497 e. The van der Waals surface area contributed by atoms with E-state index in [0.29, 0.717) is 6.61 Å². The second-order valence-electron chi connectivity index (χ2n) is 6.26. The number of aromatic nitrogens is 2. The summed E-state index contributed by atoms with van der Waals surface area (Å²) in [6.07, 6.45) is 0. The number of ether oxygens (including phenoxy) is 2. The summed E-state index contributed by atoms with van der Waals surface area (Å²) in [4.78, 5) is 10.3. The van der Waals surface area contributed by atoms with Crippen molar-refractivity contribution in [1.29, 1.82) is 0 Å². The van der Waals surface area contributed by atoms with Gasteiger partial charge in [0.2, 0.25) is 0 Å². The highest BCUT2D eigenvalue weighted by Gasteiger charge is 2.15. The molecule has 0 unspecified atom stereocenters. The predicted molar refractivity (Wildman–Crippen MR) is 115 cm³/mol. The van der Waals surface area contributed by atoms with E-state index in [1.54, 1.807) is 18.4 Å². The van der Waals surface area contributed by atoms with Crippen molar-refractivity contribution in [3.63, 3.8) is 0 Å². The number of fused-ring (bicyclic) bond motifs is 1. The number of benzene rings is 2. The number of aryl methyl sites for hydroxylation is 1. The maximum absolute atomic E-state index is 5.52. The standard InChI is InChI=1S/C22H21N3O2S/c1-4-27-18-11-7-16(8-12-18)25-21-20-19(13-28-22(20)24-14(2)23-21)15-5-9-17(26-3)10-6-15/h5-13H,4H2,1-3H3,(H,23,24,25). The number of nitrogens with one attached hydrogen (secondary N) is 1. The summed E-state index contributed by atoms with van der Waals surface area (Å²) in [5.74, 6) is 3.23. The van der Waals surface area contributed by atoms with Gasteiger partial charge in [-0.25, -0.2) is 9.97 Å². The van der Waals surface area contributed by atoms with Gasteiger partial charge in [0.1, 0.15) is 28.0 Å². The molecule has 2 heterocycles. The first-order chi connectivity index (χ1) is 13.7. The fourth-order valence-corrected chi connectivity index (χ4v) is 4.05. The van der Waals surface area contributed by atoms with E-state index < -0.39 is 0 Å². The molecule has 0 aliphatic rings. The Morgan fingerprint density at radius 2 is 1.68 bits per heavy atom. The molecule has 28 heavy (non-hydrogen) atoms. The number of anilines is 2. The summed E-state index contributed by atoms with van der Waals surface area (Å²) in [5.41, 5.74) is 3.17. The topological polar surface area (TPSA) is 56.3 Å². The number of methoxy groups -OCH3 is 1. The van der Waals surface area contributed by atoms with Gasteiger partial charge in [-0.05, 0) is 55.8 Å². The first-order valence-corrected chi connectivity index (χ1v) is 9.96.